The number of nitrogens with one attached hydrogen (secondary N) is 1. The van der Waals surface area contributed by atoms with Crippen LogP contribution in [-0.2, 0) is 11.3 Å². The summed E-state index contributed by atoms with van der Waals surface area (Å²) in [5.41, 5.74) is 12.4. The van der Waals surface area contributed by atoms with Gasteiger partial charge in [0, 0.05) is 24.4 Å². The van der Waals surface area contributed by atoms with Gasteiger partial charge in [0.1, 0.15) is 0 Å². The summed E-state index contributed by atoms with van der Waals surface area (Å²) in [4.78, 5) is 18.0. The zero-order valence-electron chi connectivity index (χ0n) is 17.4. The zero-order valence-corrected chi connectivity index (χ0v) is 17.4. The van der Waals surface area contributed by atoms with Crippen LogP contribution in [0.2, 0.25) is 0 Å². The molecule has 0 aliphatic rings. The van der Waals surface area contributed by atoms with Gasteiger partial charge in [-0.05, 0) is 37.1 Å². The number of nitrogens with two attached hydrogens (primary N) is 2. The maximum absolute atomic E-state index is 13.4. The number of fused-ring (bicyclic) bond motifs is 1. The number of pyridine rings is 1. The van der Waals surface area contributed by atoms with Crippen molar-refractivity contribution in [3.8, 4) is 5.88 Å². The summed E-state index contributed by atoms with van der Waals surface area (Å²) < 4.78 is 6.26. The van der Waals surface area contributed by atoms with Gasteiger partial charge in [0.2, 0.25) is 17.4 Å². The van der Waals surface area contributed by atoms with Gasteiger partial charge in [0.15, 0.2) is 0 Å². The first-order chi connectivity index (χ1) is 14.6. The largest absolute Gasteiger partial charge is 0.448 e. The molecular formula is C24H30N4O2. The Hall–Kier alpha value is -2.80. The molecule has 5 N–H and O–H groups in total. The summed E-state index contributed by atoms with van der Waals surface area (Å²) in [6.45, 7) is 2.87. The van der Waals surface area contributed by atoms with E-state index in [9.17, 15) is 4.79 Å². The smallest absolute Gasteiger partial charge is 0.223 e. The van der Waals surface area contributed by atoms with Crippen LogP contribution >= 0.6 is 0 Å². The van der Waals surface area contributed by atoms with Crippen molar-refractivity contribution in [1.29, 1.82) is 0 Å². The molecule has 0 saturated heterocycles. The van der Waals surface area contributed by atoms with Crippen molar-refractivity contribution in [2.75, 3.05) is 6.54 Å². The van der Waals surface area contributed by atoms with Gasteiger partial charge in [-0.2, -0.15) is 0 Å². The molecule has 1 aromatic heterocycles. The number of hydrogen-bond acceptors (Lipinski definition) is 6. The lowest BCUT2D eigenvalue weighted by Crippen LogP contribution is -2.61. The van der Waals surface area contributed by atoms with Crippen molar-refractivity contribution in [2.45, 2.75) is 44.5 Å². The molecule has 0 aliphatic carbocycles. The standard InChI is InChI=1S/C24H30N4O2/c1-2-24(23(29)20(26)12-8-16-25,27-17-18-9-4-3-5-10-18)30-22-15-14-19-11-6-7-13-21(19)28-22/h3-7,9-11,13-15,20,27H,2,8,12,16-17,25-26H2,1H3/t20-,24?/m1/s1. The van der Waals surface area contributed by atoms with E-state index in [2.05, 4.69) is 10.3 Å². The number of nitrogens with zero attached hydrogens (tertiary/aromatic N) is 1. The van der Waals surface area contributed by atoms with Gasteiger partial charge in [-0.15, -0.1) is 0 Å². The Bertz CT molecular complexity index is 964. The molecule has 1 unspecified atom stereocenters. The molecular weight excluding hydrogens is 376 g/mol. The molecule has 2 aromatic carbocycles. The topological polar surface area (TPSA) is 103 Å². The van der Waals surface area contributed by atoms with Crippen LogP contribution in [-0.4, -0.2) is 29.1 Å². The Labute approximate surface area is 177 Å². The minimum Gasteiger partial charge on any atom is -0.448 e. The summed E-state index contributed by atoms with van der Waals surface area (Å²) in [5, 5.41) is 4.34. The van der Waals surface area contributed by atoms with Crippen LogP contribution in [0.15, 0.2) is 66.7 Å². The molecule has 0 saturated carbocycles. The molecule has 0 aliphatic heterocycles. The highest BCUT2D eigenvalue weighted by Crippen LogP contribution is 2.24. The van der Waals surface area contributed by atoms with Gasteiger partial charge < -0.3 is 16.2 Å². The molecule has 158 valence electrons. The predicted octanol–water partition coefficient (Wildman–Crippen LogP) is 3.15. The minimum atomic E-state index is -1.28. The maximum Gasteiger partial charge on any atom is 0.223 e. The molecule has 30 heavy (non-hydrogen) atoms. The number of hydrogen-bond donors (Lipinski definition) is 3. The monoisotopic (exact) mass is 406 g/mol. The van der Waals surface area contributed by atoms with Crippen molar-refractivity contribution in [3.05, 3.63) is 72.3 Å². The third-order valence-corrected chi connectivity index (χ3v) is 5.22. The van der Waals surface area contributed by atoms with Crippen LogP contribution in [0.5, 0.6) is 5.88 Å². The maximum atomic E-state index is 13.4. The highest BCUT2D eigenvalue weighted by Gasteiger charge is 2.41. The number of ketones is 1. The summed E-state index contributed by atoms with van der Waals surface area (Å²) in [6, 6.07) is 20.7. The number of carbonyl (C=O) groups excluding carboxylic acids is 1. The highest BCUT2D eigenvalue weighted by molar-refractivity contribution is 5.92. The first kappa shape index (κ1) is 21.9. The molecule has 0 amide bonds. The second-order valence-corrected chi connectivity index (χ2v) is 7.37. The van der Waals surface area contributed by atoms with E-state index in [0.29, 0.717) is 38.2 Å². The van der Waals surface area contributed by atoms with Gasteiger partial charge >= 0.3 is 0 Å². The molecule has 0 fully saturated rings. The Balaban J connectivity index is 1.90. The number of ether oxygens (including phenoxy) is 1. The summed E-state index contributed by atoms with van der Waals surface area (Å²) in [5.74, 6) is 0.194. The molecule has 6 nitrogen and oxygen atoms in total. The zero-order chi connectivity index (χ0) is 21.4. The average molecular weight is 407 g/mol. The van der Waals surface area contributed by atoms with Crippen LogP contribution in [0.3, 0.4) is 0 Å². The van der Waals surface area contributed by atoms with E-state index in [-0.39, 0.29) is 5.78 Å². The van der Waals surface area contributed by atoms with E-state index < -0.39 is 11.8 Å². The first-order valence-electron chi connectivity index (χ1n) is 10.4. The predicted molar refractivity (Wildman–Crippen MR) is 120 cm³/mol. The number of carbonyl (C=O) groups is 1. The number of rotatable bonds is 11. The normalized spacial score (nSPS) is 14.2. The lowest BCUT2D eigenvalue weighted by atomic mass is 9.95. The van der Waals surface area contributed by atoms with E-state index in [4.69, 9.17) is 16.2 Å². The third kappa shape index (κ3) is 5.21. The number of aromatic nitrogens is 1. The highest BCUT2D eigenvalue weighted by atomic mass is 16.5. The summed E-state index contributed by atoms with van der Waals surface area (Å²) in [7, 11) is 0. The van der Waals surface area contributed by atoms with Crippen LogP contribution in [0.1, 0.15) is 31.7 Å². The molecule has 6 heteroatoms. The fraction of sp³-hybridized carbons (Fsp3) is 0.333. The van der Waals surface area contributed by atoms with Crippen LogP contribution < -0.4 is 21.5 Å². The second-order valence-electron chi connectivity index (χ2n) is 7.37. The third-order valence-electron chi connectivity index (χ3n) is 5.22. The SMILES string of the molecule is CCC(NCc1ccccc1)(Oc1ccc2ccccc2n1)C(=O)[C@H](N)CCCN. The van der Waals surface area contributed by atoms with E-state index in [1.807, 2.05) is 67.6 Å². The molecule has 2 atom stereocenters. The Kier molecular flexibility index (Phi) is 7.52. The molecule has 0 spiro atoms. The van der Waals surface area contributed by atoms with E-state index in [1.54, 1.807) is 6.07 Å². The Morgan fingerprint density at radius 2 is 1.83 bits per heavy atom. The van der Waals surface area contributed by atoms with Crippen LogP contribution in [0, 0.1) is 0 Å². The first-order valence-corrected chi connectivity index (χ1v) is 10.4. The van der Waals surface area contributed by atoms with Gasteiger partial charge in [-0.25, -0.2) is 4.98 Å². The number of Topliss-reactive ketones (excluding diaryl/α,β-unsaturated/α-hetero) is 1. The lowest BCUT2D eigenvalue weighted by molar-refractivity contribution is -0.140. The fourth-order valence-corrected chi connectivity index (χ4v) is 3.44. The van der Waals surface area contributed by atoms with E-state index in [1.165, 1.54) is 0 Å². The molecule has 0 bridgehead atoms. The van der Waals surface area contributed by atoms with Crippen molar-refractivity contribution in [3.63, 3.8) is 0 Å². The minimum absolute atomic E-state index is 0.190. The summed E-state index contributed by atoms with van der Waals surface area (Å²) in [6.07, 6.45) is 1.60. The molecule has 3 aromatic rings. The van der Waals surface area contributed by atoms with E-state index in [0.717, 1.165) is 16.5 Å². The molecule has 1 heterocycles. The quantitative estimate of drug-likeness (QED) is 0.423. The van der Waals surface area contributed by atoms with Gasteiger partial charge in [0.25, 0.3) is 0 Å². The van der Waals surface area contributed by atoms with Crippen LogP contribution in [0.4, 0.5) is 0 Å². The van der Waals surface area contributed by atoms with Crippen molar-refractivity contribution in [1.82, 2.24) is 10.3 Å². The molecule has 3 rings (SSSR count). The van der Waals surface area contributed by atoms with Crippen molar-refractivity contribution in [2.24, 2.45) is 11.5 Å². The van der Waals surface area contributed by atoms with Crippen molar-refractivity contribution < 1.29 is 9.53 Å². The summed E-state index contributed by atoms with van der Waals surface area (Å²) >= 11 is 0. The number of benzene rings is 2. The van der Waals surface area contributed by atoms with Gasteiger partial charge in [-0.1, -0.05) is 55.5 Å². The van der Waals surface area contributed by atoms with Gasteiger partial charge in [0.05, 0.1) is 11.6 Å². The molecule has 0 radical (unpaired) electrons. The Morgan fingerprint density at radius 3 is 2.57 bits per heavy atom. The number of para-hydroxylation sites is 1. The average Bonchev–Trinajstić information content (AvgIpc) is 2.80. The fourth-order valence-electron chi connectivity index (χ4n) is 3.44. The van der Waals surface area contributed by atoms with Crippen LogP contribution in [0.25, 0.3) is 10.9 Å². The Morgan fingerprint density at radius 1 is 1.10 bits per heavy atom. The van der Waals surface area contributed by atoms with Gasteiger partial charge in [-0.3, -0.25) is 10.1 Å². The lowest BCUT2D eigenvalue weighted by Gasteiger charge is -2.34. The second kappa shape index (κ2) is 10.3. The van der Waals surface area contributed by atoms with E-state index >= 15 is 0 Å². The van der Waals surface area contributed by atoms with Crippen molar-refractivity contribution >= 4 is 16.7 Å².